The summed E-state index contributed by atoms with van der Waals surface area (Å²) in [5, 5.41) is 24.8. The first-order valence-corrected chi connectivity index (χ1v) is 18.0. The zero-order valence-corrected chi connectivity index (χ0v) is 35.1. The van der Waals surface area contributed by atoms with E-state index in [1.807, 2.05) is 54.6 Å². The van der Waals surface area contributed by atoms with Gasteiger partial charge in [-0.05, 0) is 91.9 Å². The van der Waals surface area contributed by atoms with Gasteiger partial charge in [0.2, 0.25) is 11.6 Å². The Morgan fingerprint density at radius 2 is 1.04 bits per heavy atom. The molecule has 5 N–H and O–H groups in total. The monoisotopic (exact) mass is 994 g/mol. The third-order valence-corrected chi connectivity index (χ3v) is 8.38. The lowest BCUT2D eigenvalue weighted by molar-refractivity contribution is 0.0817. The molecule has 0 spiro atoms. The van der Waals surface area contributed by atoms with E-state index in [4.69, 9.17) is 35.0 Å². The first kappa shape index (κ1) is 46.8. The van der Waals surface area contributed by atoms with Gasteiger partial charge in [-0.2, -0.15) is 10.5 Å². The lowest BCUT2D eigenvalue weighted by Gasteiger charge is -2.08. The van der Waals surface area contributed by atoms with Crippen molar-refractivity contribution in [2.45, 2.75) is 6.92 Å². The fourth-order valence-electron chi connectivity index (χ4n) is 3.78. The first-order valence-electron chi connectivity index (χ1n) is 14.8. The van der Waals surface area contributed by atoms with Gasteiger partial charge in [0.1, 0.15) is 23.5 Å². The number of nitrogens with zero attached hydrogens (tertiary/aromatic N) is 6. The number of allylic oxidation sites excluding steroid dienone is 1. The highest BCUT2D eigenvalue weighted by atomic mass is 79.9. The number of benzene rings is 4. The number of carbonyl (C=O) groups excluding carboxylic acids is 2. The van der Waals surface area contributed by atoms with Crippen molar-refractivity contribution in [2.24, 2.45) is 11.5 Å². The predicted molar refractivity (Wildman–Crippen MR) is 224 cm³/mol. The second-order valence-electron chi connectivity index (χ2n) is 9.84. The number of aliphatic hydroxyl groups is 1. The Bertz CT molecular complexity index is 2100. The number of hydrogen-bond donors (Lipinski definition) is 3. The van der Waals surface area contributed by atoms with Gasteiger partial charge in [-0.3, -0.25) is 9.59 Å². The van der Waals surface area contributed by atoms with Crippen LogP contribution in [0.5, 0.6) is 0 Å². The van der Waals surface area contributed by atoms with Crippen molar-refractivity contribution in [1.82, 2.24) is 9.97 Å². The minimum Gasteiger partial charge on any atom is -0.398 e. The fraction of sp³-hybridized carbons (Fsp3) is 0.0526. The van der Waals surface area contributed by atoms with E-state index >= 15 is 0 Å². The van der Waals surface area contributed by atoms with Crippen molar-refractivity contribution in [1.29, 1.82) is 10.5 Å². The molecule has 16 heteroatoms. The molecule has 0 atom stereocenters. The molecular weight excluding hydrogens is 972 g/mol. The van der Waals surface area contributed by atoms with Gasteiger partial charge >= 0.3 is 5.82 Å². The standard InChI is InChI=1S/C18H8Br2N4.C14H8Br2O2.C4H4N4.C2H6O.ClH/c1-22-18-15(10-21)23-16(11-2-6-13(19)7-3-11)17(24-18)12-4-8-14(20)9-5-12;15-11-5-1-9(2-6-11)13(17)14(18)10-3-7-12(16)8-4-10;1-8-4(7)3(6)2-5;1-2-3;/h2-9H;1-8H;6-7H2;3H,2H2,1H3;1H/b;;4-3+;;. The number of nitriles is 2. The number of aromatic nitrogens is 2. The molecule has 0 unspecified atom stereocenters. The second kappa shape index (κ2) is 24.2. The smallest absolute Gasteiger partial charge is 0.307 e. The van der Waals surface area contributed by atoms with Gasteiger partial charge < -0.3 is 26.3 Å². The van der Waals surface area contributed by atoms with Crippen molar-refractivity contribution in [3.8, 4) is 34.7 Å². The van der Waals surface area contributed by atoms with Crippen molar-refractivity contribution >= 4 is 93.5 Å². The molecule has 5 aromatic rings. The second-order valence-corrected chi connectivity index (χ2v) is 13.5. The van der Waals surface area contributed by atoms with Gasteiger partial charge in [-0.25, -0.2) is 4.98 Å². The topological polar surface area (TPSA) is 188 Å². The van der Waals surface area contributed by atoms with E-state index in [1.165, 1.54) is 6.07 Å². The Labute approximate surface area is 351 Å². The number of Topliss-reactive ketones (excluding diaryl/α,β-unsaturated/α-hetero) is 2. The molecule has 0 saturated carbocycles. The highest BCUT2D eigenvalue weighted by Gasteiger charge is 2.20. The van der Waals surface area contributed by atoms with Crippen LogP contribution in [-0.2, 0) is 0 Å². The van der Waals surface area contributed by atoms with Crippen LogP contribution in [0.2, 0.25) is 0 Å². The summed E-state index contributed by atoms with van der Waals surface area (Å²) in [6.07, 6.45) is 0. The van der Waals surface area contributed by atoms with Gasteiger partial charge in [0.25, 0.3) is 5.82 Å². The largest absolute Gasteiger partial charge is 0.398 e. The van der Waals surface area contributed by atoms with Crippen LogP contribution in [0.15, 0.2) is 126 Å². The van der Waals surface area contributed by atoms with E-state index in [0.29, 0.717) is 22.5 Å². The highest BCUT2D eigenvalue weighted by Crippen LogP contribution is 2.33. The van der Waals surface area contributed by atoms with Crippen LogP contribution in [-0.4, -0.2) is 33.2 Å². The maximum absolute atomic E-state index is 12.0. The summed E-state index contributed by atoms with van der Waals surface area (Å²) in [4.78, 5) is 38.8. The Kier molecular flexibility index (Phi) is 20.9. The van der Waals surface area contributed by atoms with E-state index in [-0.39, 0.29) is 42.0 Å². The molecule has 0 amide bonds. The van der Waals surface area contributed by atoms with E-state index < -0.39 is 11.6 Å². The normalized spacial score (nSPS) is 9.74. The molecule has 1 aromatic heterocycles. The summed E-state index contributed by atoms with van der Waals surface area (Å²) < 4.78 is 3.64. The lowest BCUT2D eigenvalue weighted by Crippen LogP contribution is -2.14. The molecule has 1 heterocycles. The molecule has 0 bridgehead atoms. The number of rotatable bonds is 5. The first-order chi connectivity index (χ1) is 25.3. The summed E-state index contributed by atoms with van der Waals surface area (Å²) in [5.41, 5.74) is 13.2. The van der Waals surface area contributed by atoms with Crippen LogP contribution in [0.25, 0.3) is 32.2 Å². The molecule has 0 aliphatic carbocycles. The van der Waals surface area contributed by atoms with Crippen molar-refractivity contribution < 1.29 is 14.7 Å². The molecule has 0 saturated heterocycles. The lowest BCUT2D eigenvalue weighted by atomic mass is 10.0. The minimum atomic E-state index is -0.496. The number of carbonyl (C=O) groups is 2. The van der Waals surface area contributed by atoms with Crippen molar-refractivity contribution in [3.63, 3.8) is 0 Å². The van der Waals surface area contributed by atoms with Crippen LogP contribution < -0.4 is 11.5 Å². The van der Waals surface area contributed by atoms with Crippen LogP contribution in [0, 0.1) is 35.8 Å². The van der Waals surface area contributed by atoms with Crippen LogP contribution in [0.1, 0.15) is 33.3 Å². The SMILES string of the molecule is CCO.Cl.O=C(C(=O)c1ccc(Br)cc1)c1ccc(Br)cc1.[C-]#[N+]/C(N)=C(/N)C#N.[C-]#[N+]c1nc(-c2ccc(Br)cc2)c(-c2ccc(Br)cc2)nc1C#N. The zero-order chi connectivity index (χ0) is 39.5. The molecule has 4 aromatic carbocycles. The maximum Gasteiger partial charge on any atom is 0.307 e. The molecule has 272 valence electrons. The van der Waals surface area contributed by atoms with Crippen LogP contribution in [0.3, 0.4) is 0 Å². The molecule has 0 aliphatic heterocycles. The van der Waals surface area contributed by atoms with Crippen LogP contribution in [0.4, 0.5) is 5.82 Å². The number of aliphatic hydroxyl groups excluding tert-OH is 1. The Hall–Kier alpha value is -5.23. The Morgan fingerprint density at radius 1 is 0.704 bits per heavy atom. The van der Waals surface area contributed by atoms with E-state index in [1.54, 1.807) is 55.5 Å². The molecule has 0 fully saturated rings. The van der Waals surface area contributed by atoms with E-state index in [9.17, 15) is 14.9 Å². The van der Waals surface area contributed by atoms with Gasteiger partial charge in [-0.1, -0.05) is 89.0 Å². The minimum absolute atomic E-state index is 0. The number of ketones is 2. The van der Waals surface area contributed by atoms with Crippen LogP contribution >= 0.6 is 76.1 Å². The summed E-state index contributed by atoms with van der Waals surface area (Å²) >= 11 is 13.4. The molecular formula is C38H27Br4ClN8O3. The maximum atomic E-state index is 12.0. The van der Waals surface area contributed by atoms with E-state index in [2.05, 4.69) is 83.4 Å². The highest BCUT2D eigenvalue weighted by molar-refractivity contribution is 9.11. The van der Waals surface area contributed by atoms with Gasteiger partial charge in [0.15, 0.2) is 11.4 Å². The Morgan fingerprint density at radius 3 is 1.31 bits per heavy atom. The summed E-state index contributed by atoms with van der Waals surface area (Å²) in [5.74, 6) is -1.22. The quantitative estimate of drug-likeness (QED) is 0.0666. The summed E-state index contributed by atoms with van der Waals surface area (Å²) in [6.45, 7) is 15.4. The van der Waals surface area contributed by atoms with Gasteiger partial charge in [0.05, 0.1) is 0 Å². The zero-order valence-electron chi connectivity index (χ0n) is 28.0. The summed E-state index contributed by atoms with van der Waals surface area (Å²) in [6, 6.07) is 32.1. The average molecular weight is 999 g/mol. The van der Waals surface area contributed by atoms with E-state index in [0.717, 1.165) is 29.0 Å². The average Bonchev–Trinajstić information content (AvgIpc) is 3.18. The fourth-order valence-corrected chi connectivity index (χ4v) is 4.84. The third kappa shape index (κ3) is 14.3. The number of hydrogen-bond acceptors (Lipinski definition) is 9. The predicted octanol–water partition coefficient (Wildman–Crippen LogP) is 9.97. The molecule has 54 heavy (non-hydrogen) atoms. The van der Waals surface area contributed by atoms with Gasteiger partial charge in [-0.15, -0.1) is 17.4 Å². The summed E-state index contributed by atoms with van der Waals surface area (Å²) in [7, 11) is 0. The third-order valence-electron chi connectivity index (χ3n) is 6.26. The number of halogens is 5. The molecule has 0 radical (unpaired) electrons. The molecule has 5 rings (SSSR count). The van der Waals surface area contributed by atoms with Gasteiger partial charge in [0, 0.05) is 46.8 Å². The number of nitrogens with two attached hydrogens (primary N) is 2. The Balaban J connectivity index is 0.000000428. The van der Waals surface area contributed by atoms with Crippen molar-refractivity contribution in [3.05, 3.63) is 166 Å². The molecule has 11 nitrogen and oxygen atoms in total. The molecule has 0 aliphatic rings. The van der Waals surface area contributed by atoms with Crippen molar-refractivity contribution in [2.75, 3.05) is 6.61 Å².